The molecule has 9 heteroatoms. The summed E-state index contributed by atoms with van der Waals surface area (Å²) in [6.07, 6.45) is 2.07. The second kappa shape index (κ2) is 11.5. The first-order valence-corrected chi connectivity index (χ1v) is 14.1. The minimum Gasteiger partial charge on any atom is -0.494 e. The fourth-order valence-electron chi connectivity index (χ4n) is 5.54. The highest BCUT2D eigenvalue weighted by molar-refractivity contribution is 5.85. The van der Waals surface area contributed by atoms with Crippen molar-refractivity contribution in [1.29, 1.82) is 0 Å². The lowest BCUT2D eigenvalue weighted by molar-refractivity contribution is 0.0564. The van der Waals surface area contributed by atoms with Crippen LogP contribution in [0.3, 0.4) is 0 Å². The molecular weight excluding hydrogens is 504 g/mol. The van der Waals surface area contributed by atoms with Crippen LogP contribution in [0.2, 0.25) is 0 Å². The van der Waals surface area contributed by atoms with Crippen molar-refractivity contribution in [2.24, 2.45) is 0 Å². The second-order valence-corrected chi connectivity index (χ2v) is 11.7. The van der Waals surface area contributed by atoms with E-state index in [4.69, 9.17) is 9.47 Å². The molecule has 3 heterocycles. The number of hydrogen-bond donors (Lipinski definition) is 1. The maximum absolute atomic E-state index is 13.9. The largest absolute Gasteiger partial charge is 0.494 e. The summed E-state index contributed by atoms with van der Waals surface area (Å²) < 4.78 is 13.6. The van der Waals surface area contributed by atoms with Gasteiger partial charge in [0.15, 0.2) is 5.82 Å². The molecule has 1 aliphatic rings. The lowest BCUT2D eigenvalue weighted by Crippen LogP contribution is -2.40. The Kier molecular flexibility index (Phi) is 8.05. The van der Waals surface area contributed by atoms with E-state index in [2.05, 4.69) is 71.3 Å². The van der Waals surface area contributed by atoms with Gasteiger partial charge in [0.25, 0.3) is 5.56 Å². The monoisotopic (exact) mass is 544 g/mol. The number of rotatable bonds is 9. The average molecular weight is 545 g/mol. The van der Waals surface area contributed by atoms with Gasteiger partial charge in [-0.1, -0.05) is 24.3 Å². The molecule has 0 spiro atoms. The van der Waals surface area contributed by atoms with Crippen LogP contribution in [0, 0.1) is 13.8 Å². The van der Waals surface area contributed by atoms with E-state index in [1.807, 2.05) is 42.8 Å². The van der Waals surface area contributed by atoms with Crippen molar-refractivity contribution in [3.8, 4) is 5.75 Å². The number of aromatic nitrogens is 5. The number of tetrazole rings is 1. The molecule has 9 nitrogen and oxygen atoms in total. The number of pyridine rings is 1. The van der Waals surface area contributed by atoms with Crippen LogP contribution < -0.4 is 10.3 Å². The van der Waals surface area contributed by atoms with Crippen LogP contribution in [0.5, 0.6) is 5.75 Å². The Bertz CT molecular complexity index is 1510. The van der Waals surface area contributed by atoms with E-state index in [1.54, 1.807) is 0 Å². The lowest BCUT2D eigenvalue weighted by Gasteiger charge is -2.34. The van der Waals surface area contributed by atoms with Crippen LogP contribution in [-0.2, 0) is 16.8 Å². The molecule has 212 valence electrons. The topological polar surface area (TPSA) is 98.2 Å². The van der Waals surface area contributed by atoms with Gasteiger partial charge in [0.2, 0.25) is 0 Å². The van der Waals surface area contributed by atoms with Crippen molar-refractivity contribution in [3.05, 3.63) is 80.9 Å². The number of benzene rings is 2. The quantitative estimate of drug-likeness (QED) is 0.315. The highest BCUT2D eigenvalue weighted by atomic mass is 16.5. The van der Waals surface area contributed by atoms with Crippen LogP contribution in [0.1, 0.15) is 74.7 Å². The molecule has 40 heavy (non-hydrogen) atoms. The van der Waals surface area contributed by atoms with Crippen molar-refractivity contribution in [1.82, 2.24) is 30.1 Å². The highest BCUT2D eigenvalue weighted by Gasteiger charge is 2.35. The van der Waals surface area contributed by atoms with Gasteiger partial charge < -0.3 is 14.5 Å². The number of aryl methyl sites for hydroxylation is 2. The summed E-state index contributed by atoms with van der Waals surface area (Å²) in [6, 6.07) is 13.8. The Labute approximate surface area is 235 Å². The fourth-order valence-corrected chi connectivity index (χ4v) is 5.54. The van der Waals surface area contributed by atoms with Crippen molar-refractivity contribution in [3.63, 3.8) is 0 Å². The van der Waals surface area contributed by atoms with Crippen LogP contribution in [0.15, 0.2) is 47.3 Å². The molecule has 1 aliphatic heterocycles. The molecule has 0 amide bonds. The third-order valence-electron chi connectivity index (χ3n) is 7.59. The van der Waals surface area contributed by atoms with Gasteiger partial charge >= 0.3 is 0 Å². The van der Waals surface area contributed by atoms with Crippen LogP contribution in [0.4, 0.5) is 0 Å². The number of hydrogen-bond acceptors (Lipinski definition) is 7. The Hall–Kier alpha value is -3.56. The number of fused-ring (bicyclic) bond motifs is 1. The Morgan fingerprint density at radius 3 is 2.58 bits per heavy atom. The third kappa shape index (κ3) is 5.81. The standard InChI is InChI=1S/C31H40N6O3/c1-7-39-23-14-12-22(13-15-23)18-36(19-24-9-8-16-40-24)28(29-33-34-35-37(29)31(4,5)6)26-17-25-20(2)10-11-21(3)27(25)32-30(26)38/h10-15,17,24,28H,7-9,16,18-19H2,1-6H3,(H,32,38)/t24-,28-/m1/s1. The Balaban J connectivity index is 1.68. The summed E-state index contributed by atoms with van der Waals surface area (Å²) in [7, 11) is 0. The molecule has 0 unspecified atom stereocenters. The molecule has 1 saturated heterocycles. The van der Waals surface area contributed by atoms with E-state index >= 15 is 0 Å². The summed E-state index contributed by atoms with van der Waals surface area (Å²) in [4.78, 5) is 19.4. The fraction of sp³-hybridized carbons (Fsp3) is 0.484. The minimum absolute atomic E-state index is 0.0627. The molecular formula is C31H40N6O3. The van der Waals surface area contributed by atoms with Gasteiger partial charge in [-0.2, -0.15) is 0 Å². The Morgan fingerprint density at radius 2 is 1.90 bits per heavy atom. The zero-order valence-electron chi connectivity index (χ0n) is 24.4. The van der Waals surface area contributed by atoms with Gasteiger partial charge in [0.05, 0.1) is 23.8 Å². The van der Waals surface area contributed by atoms with E-state index < -0.39 is 6.04 Å². The third-order valence-corrected chi connectivity index (χ3v) is 7.59. The van der Waals surface area contributed by atoms with Crippen molar-refractivity contribution in [2.75, 3.05) is 19.8 Å². The molecule has 2 aromatic carbocycles. The van der Waals surface area contributed by atoms with E-state index in [0.717, 1.165) is 52.8 Å². The molecule has 0 saturated carbocycles. The van der Waals surface area contributed by atoms with Gasteiger partial charge in [0.1, 0.15) is 11.8 Å². The minimum atomic E-state index is -0.502. The van der Waals surface area contributed by atoms with Crippen LogP contribution in [-0.4, -0.2) is 56.0 Å². The van der Waals surface area contributed by atoms with Crippen LogP contribution in [0.25, 0.3) is 10.9 Å². The predicted molar refractivity (Wildman–Crippen MR) is 156 cm³/mol. The molecule has 0 bridgehead atoms. The molecule has 0 aliphatic carbocycles. The lowest BCUT2D eigenvalue weighted by atomic mass is 9.98. The summed E-state index contributed by atoms with van der Waals surface area (Å²) in [5.41, 5.74) is 4.19. The van der Waals surface area contributed by atoms with E-state index in [0.29, 0.717) is 31.1 Å². The zero-order chi connectivity index (χ0) is 28.4. The summed E-state index contributed by atoms with van der Waals surface area (Å²) in [6.45, 7) is 14.9. The van der Waals surface area contributed by atoms with E-state index in [9.17, 15) is 4.79 Å². The average Bonchev–Trinajstić information content (AvgIpc) is 3.61. The smallest absolute Gasteiger partial charge is 0.253 e. The molecule has 2 atom stereocenters. The summed E-state index contributed by atoms with van der Waals surface area (Å²) in [5.74, 6) is 1.47. The summed E-state index contributed by atoms with van der Waals surface area (Å²) >= 11 is 0. The number of nitrogens with one attached hydrogen (secondary N) is 1. The van der Waals surface area contributed by atoms with E-state index in [-0.39, 0.29) is 17.2 Å². The van der Waals surface area contributed by atoms with Crippen molar-refractivity contribution < 1.29 is 9.47 Å². The van der Waals surface area contributed by atoms with Crippen molar-refractivity contribution >= 4 is 10.9 Å². The van der Waals surface area contributed by atoms with E-state index in [1.165, 1.54) is 0 Å². The number of nitrogens with zero attached hydrogens (tertiary/aromatic N) is 5. The molecule has 0 radical (unpaired) electrons. The number of ether oxygens (including phenoxy) is 2. The first kappa shape index (κ1) is 28.0. The SMILES string of the molecule is CCOc1ccc(CN(C[C@H]2CCCO2)[C@H](c2cc3c(C)ccc(C)c3[nH]c2=O)c2nnnn2C(C)(C)C)cc1. The summed E-state index contributed by atoms with van der Waals surface area (Å²) in [5, 5.41) is 14.0. The van der Waals surface area contributed by atoms with Gasteiger partial charge in [0, 0.05) is 30.6 Å². The zero-order valence-corrected chi connectivity index (χ0v) is 24.4. The number of aromatic amines is 1. The van der Waals surface area contributed by atoms with Gasteiger partial charge in [-0.15, -0.1) is 5.10 Å². The highest BCUT2D eigenvalue weighted by Crippen LogP contribution is 2.33. The molecule has 5 rings (SSSR count). The van der Waals surface area contributed by atoms with Crippen LogP contribution >= 0.6 is 0 Å². The maximum atomic E-state index is 13.9. The molecule has 2 aromatic heterocycles. The van der Waals surface area contributed by atoms with Gasteiger partial charge in [-0.25, -0.2) is 4.68 Å². The van der Waals surface area contributed by atoms with Crippen molar-refractivity contribution in [2.45, 2.75) is 78.6 Å². The molecule has 1 N–H and O–H groups in total. The normalized spacial score (nSPS) is 16.6. The maximum Gasteiger partial charge on any atom is 0.253 e. The molecule has 1 fully saturated rings. The predicted octanol–water partition coefficient (Wildman–Crippen LogP) is 5.06. The molecule has 4 aromatic rings. The first-order valence-electron chi connectivity index (χ1n) is 14.1. The second-order valence-electron chi connectivity index (χ2n) is 11.7. The number of H-pyrrole nitrogens is 1. The van der Waals surface area contributed by atoms with Gasteiger partial charge in [-0.05, 0) is 99.7 Å². The van der Waals surface area contributed by atoms with Gasteiger partial charge in [-0.3, -0.25) is 9.69 Å². The Morgan fingerprint density at radius 1 is 1.15 bits per heavy atom. The first-order chi connectivity index (χ1) is 19.2.